The first-order chi connectivity index (χ1) is 8.81. The lowest BCUT2D eigenvalue weighted by Gasteiger charge is -2.28. The number of hydrogen-bond donors (Lipinski definition) is 1. The molecule has 1 aliphatic heterocycles. The van der Waals surface area contributed by atoms with E-state index in [1.807, 2.05) is 0 Å². The minimum absolute atomic E-state index is 0.775. The molecule has 0 amide bonds. The third-order valence-electron chi connectivity index (χ3n) is 3.85. The van der Waals surface area contributed by atoms with Gasteiger partial charge in [-0.2, -0.15) is 0 Å². The van der Waals surface area contributed by atoms with Crippen molar-refractivity contribution in [3.8, 4) is 0 Å². The average Bonchev–Trinajstić information content (AvgIpc) is 3.21. The van der Waals surface area contributed by atoms with Gasteiger partial charge in [0.1, 0.15) is 5.82 Å². The lowest BCUT2D eigenvalue weighted by Crippen LogP contribution is -2.30. The van der Waals surface area contributed by atoms with Crippen LogP contribution in [-0.4, -0.2) is 24.1 Å². The summed E-state index contributed by atoms with van der Waals surface area (Å²) in [7, 11) is 0. The molecule has 3 heteroatoms. The summed E-state index contributed by atoms with van der Waals surface area (Å²) in [6.07, 6.45) is 6.70. The molecule has 1 saturated carbocycles. The van der Waals surface area contributed by atoms with Crippen molar-refractivity contribution in [2.75, 3.05) is 18.0 Å². The highest BCUT2D eigenvalue weighted by Gasteiger charge is 2.20. The number of aromatic nitrogens is 1. The molecule has 1 N–H and O–H groups in total. The summed E-state index contributed by atoms with van der Waals surface area (Å²) in [4.78, 5) is 7.14. The summed E-state index contributed by atoms with van der Waals surface area (Å²) < 4.78 is 0. The summed E-state index contributed by atoms with van der Waals surface area (Å²) in [6, 6.07) is 5.26. The molecule has 2 fully saturated rings. The number of nitrogens with zero attached hydrogens (tertiary/aromatic N) is 2. The van der Waals surface area contributed by atoms with Crippen molar-refractivity contribution in [2.24, 2.45) is 0 Å². The Kier molecular flexibility index (Phi) is 3.50. The van der Waals surface area contributed by atoms with Crippen LogP contribution in [0.5, 0.6) is 0 Å². The second-order valence-electron chi connectivity index (χ2n) is 5.68. The maximum absolute atomic E-state index is 4.70. The Balaban J connectivity index is 1.71. The van der Waals surface area contributed by atoms with Crippen molar-refractivity contribution in [3.63, 3.8) is 0 Å². The third-order valence-corrected chi connectivity index (χ3v) is 3.85. The molecule has 1 saturated heterocycles. The van der Waals surface area contributed by atoms with Gasteiger partial charge in [-0.15, -0.1) is 0 Å². The van der Waals surface area contributed by atoms with Gasteiger partial charge in [0, 0.05) is 31.4 Å². The summed E-state index contributed by atoms with van der Waals surface area (Å²) >= 11 is 0. The van der Waals surface area contributed by atoms with Gasteiger partial charge in [-0.05, 0) is 56.7 Å². The highest BCUT2D eigenvalue weighted by Crippen LogP contribution is 2.22. The number of aryl methyl sites for hydroxylation is 1. The van der Waals surface area contributed by atoms with Gasteiger partial charge < -0.3 is 10.2 Å². The summed E-state index contributed by atoms with van der Waals surface area (Å²) in [6.45, 7) is 5.45. The highest BCUT2D eigenvalue weighted by molar-refractivity contribution is 5.43. The molecule has 3 rings (SSSR count). The van der Waals surface area contributed by atoms with E-state index in [4.69, 9.17) is 4.98 Å². The number of rotatable bonds is 4. The van der Waals surface area contributed by atoms with E-state index in [1.54, 1.807) is 0 Å². The molecule has 0 aromatic carbocycles. The predicted molar refractivity (Wildman–Crippen MR) is 74.9 cm³/mol. The summed E-state index contributed by atoms with van der Waals surface area (Å²) in [5.74, 6) is 1.18. The van der Waals surface area contributed by atoms with E-state index in [9.17, 15) is 0 Å². The van der Waals surface area contributed by atoms with Crippen LogP contribution in [-0.2, 0) is 6.54 Å². The molecule has 1 aromatic heterocycles. The molecule has 0 unspecified atom stereocenters. The minimum Gasteiger partial charge on any atom is -0.357 e. The van der Waals surface area contributed by atoms with Gasteiger partial charge in [0.25, 0.3) is 0 Å². The number of anilines is 1. The van der Waals surface area contributed by atoms with E-state index in [1.165, 1.54) is 56.6 Å². The van der Waals surface area contributed by atoms with Gasteiger partial charge >= 0.3 is 0 Å². The van der Waals surface area contributed by atoms with Crippen LogP contribution in [0.25, 0.3) is 0 Å². The largest absolute Gasteiger partial charge is 0.357 e. The van der Waals surface area contributed by atoms with Crippen molar-refractivity contribution in [1.29, 1.82) is 0 Å². The van der Waals surface area contributed by atoms with Crippen LogP contribution in [0.3, 0.4) is 0 Å². The molecular weight excluding hydrogens is 222 g/mol. The molecule has 98 valence electrons. The molecular formula is C15H23N3. The molecule has 0 radical (unpaired) electrons. The molecule has 0 spiro atoms. The lowest BCUT2D eigenvalue weighted by molar-refractivity contribution is 0.572. The van der Waals surface area contributed by atoms with Crippen molar-refractivity contribution >= 4 is 5.82 Å². The van der Waals surface area contributed by atoms with Crippen molar-refractivity contribution < 1.29 is 0 Å². The Hall–Kier alpha value is -1.09. The zero-order chi connectivity index (χ0) is 12.4. The Bertz CT molecular complexity index is 406. The van der Waals surface area contributed by atoms with Crippen molar-refractivity contribution in [1.82, 2.24) is 10.3 Å². The maximum Gasteiger partial charge on any atom is 0.129 e. The van der Waals surface area contributed by atoms with E-state index < -0.39 is 0 Å². The Morgan fingerprint density at radius 2 is 2.00 bits per heavy atom. The maximum atomic E-state index is 4.70. The smallest absolute Gasteiger partial charge is 0.129 e. The minimum atomic E-state index is 0.775. The van der Waals surface area contributed by atoms with Crippen LogP contribution in [0, 0.1) is 6.92 Å². The van der Waals surface area contributed by atoms with Crippen LogP contribution in [0.2, 0.25) is 0 Å². The predicted octanol–water partition coefficient (Wildman–Crippen LogP) is 2.63. The average molecular weight is 245 g/mol. The molecule has 18 heavy (non-hydrogen) atoms. The zero-order valence-electron chi connectivity index (χ0n) is 11.3. The highest BCUT2D eigenvalue weighted by atomic mass is 15.2. The summed E-state index contributed by atoms with van der Waals surface area (Å²) in [5, 5.41) is 3.58. The fourth-order valence-corrected chi connectivity index (χ4v) is 2.66. The van der Waals surface area contributed by atoms with Crippen molar-refractivity contribution in [3.05, 3.63) is 23.4 Å². The normalized spacial score (nSPS) is 20.2. The van der Waals surface area contributed by atoms with E-state index in [0.29, 0.717) is 0 Å². The zero-order valence-corrected chi connectivity index (χ0v) is 11.3. The molecule has 1 aliphatic carbocycles. The molecule has 0 atom stereocenters. The first-order valence-electron chi connectivity index (χ1n) is 7.27. The fourth-order valence-electron chi connectivity index (χ4n) is 2.66. The van der Waals surface area contributed by atoms with E-state index in [0.717, 1.165) is 18.3 Å². The first kappa shape index (κ1) is 12.0. The van der Waals surface area contributed by atoms with Gasteiger partial charge in [-0.3, -0.25) is 0 Å². The number of piperidine rings is 1. The van der Waals surface area contributed by atoms with Gasteiger partial charge in [0.15, 0.2) is 0 Å². The monoisotopic (exact) mass is 245 g/mol. The molecule has 2 aliphatic rings. The van der Waals surface area contributed by atoms with Crippen molar-refractivity contribution in [2.45, 2.75) is 51.6 Å². The summed E-state index contributed by atoms with van der Waals surface area (Å²) in [5.41, 5.74) is 2.53. The second kappa shape index (κ2) is 5.27. The molecule has 0 bridgehead atoms. The topological polar surface area (TPSA) is 28.2 Å². The van der Waals surface area contributed by atoms with E-state index in [-0.39, 0.29) is 0 Å². The van der Waals surface area contributed by atoms with Crippen LogP contribution in [0.15, 0.2) is 12.1 Å². The fraction of sp³-hybridized carbons (Fsp3) is 0.667. The van der Waals surface area contributed by atoms with Gasteiger partial charge in [0.05, 0.1) is 0 Å². The Morgan fingerprint density at radius 3 is 2.72 bits per heavy atom. The molecule has 1 aromatic rings. The number of nitrogens with one attached hydrogen (secondary N) is 1. The standard InChI is InChI=1S/C15H23N3/c1-12-9-13(11-16-14-5-6-14)10-15(17-12)18-7-3-2-4-8-18/h9-10,14,16H,2-8,11H2,1H3. The third kappa shape index (κ3) is 3.02. The van der Waals surface area contributed by atoms with Crippen LogP contribution >= 0.6 is 0 Å². The number of pyridine rings is 1. The molecule has 2 heterocycles. The molecule has 3 nitrogen and oxygen atoms in total. The Labute approximate surface area is 110 Å². The first-order valence-corrected chi connectivity index (χ1v) is 7.27. The lowest BCUT2D eigenvalue weighted by atomic mass is 10.1. The van der Waals surface area contributed by atoms with Gasteiger partial charge in [0.2, 0.25) is 0 Å². The SMILES string of the molecule is Cc1cc(CNC2CC2)cc(N2CCCCC2)n1. The second-order valence-corrected chi connectivity index (χ2v) is 5.68. The Morgan fingerprint density at radius 1 is 1.22 bits per heavy atom. The van der Waals surface area contributed by atoms with Crippen LogP contribution in [0.1, 0.15) is 43.4 Å². The van der Waals surface area contributed by atoms with E-state index >= 15 is 0 Å². The van der Waals surface area contributed by atoms with E-state index in [2.05, 4.69) is 29.3 Å². The van der Waals surface area contributed by atoms with Gasteiger partial charge in [-0.25, -0.2) is 4.98 Å². The quantitative estimate of drug-likeness (QED) is 0.884. The van der Waals surface area contributed by atoms with Gasteiger partial charge in [-0.1, -0.05) is 0 Å². The van der Waals surface area contributed by atoms with Crippen LogP contribution in [0.4, 0.5) is 5.82 Å². The number of hydrogen-bond acceptors (Lipinski definition) is 3. The van der Waals surface area contributed by atoms with Crippen LogP contribution < -0.4 is 10.2 Å².